The minimum absolute atomic E-state index is 0.162. The highest BCUT2D eigenvalue weighted by Crippen LogP contribution is 2.35. The summed E-state index contributed by atoms with van der Waals surface area (Å²) in [6, 6.07) is 39.7. The molecule has 290 valence electrons. The van der Waals surface area contributed by atoms with Gasteiger partial charge in [0.15, 0.2) is 12.6 Å². The number of aliphatic hydroxyl groups is 1. The van der Waals surface area contributed by atoms with Crippen LogP contribution in [0.2, 0.25) is 0 Å². The Morgan fingerprint density at radius 1 is 0.444 bits per heavy atom. The molecule has 0 saturated carbocycles. The van der Waals surface area contributed by atoms with Crippen molar-refractivity contribution >= 4 is 0 Å². The van der Waals surface area contributed by atoms with Crippen LogP contribution in [0, 0.1) is 0 Å². The molecule has 2 heterocycles. The average Bonchev–Trinajstić information content (AvgIpc) is 3.23. The van der Waals surface area contributed by atoms with Crippen LogP contribution in [-0.2, 0) is 73.8 Å². The summed E-state index contributed by atoms with van der Waals surface area (Å²) in [4.78, 5) is 0. The van der Waals surface area contributed by atoms with E-state index in [1.54, 1.807) is 14.2 Å². The fraction of sp³-hybridized carbons (Fsp3) is 0.442. The third-order valence-electron chi connectivity index (χ3n) is 9.68. The number of hydrogen-bond acceptors (Lipinski definition) is 11. The van der Waals surface area contributed by atoms with E-state index in [1.165, 1.54) is 7.11 Å². The van der Waals surface area contributed by atoms with Crippen LogP contribution in [0.4, 0.5) is 0 Å². The highest BCUT2D eigenvalue weighted by molar-refractivity contribution is 5.16. The molecule has 0 unspecified atom stereocenters. The second-order valence-electron chi connectivity index (χ2n) is 13.3. The molecule has 0 bridgehead atoms. The summed E-state index contributed by atoms with van der Waals surface area (Å²) in [6.45, 7) is 0.975. The molecule has 4 aromatic carbocycles. The summed E-state index contributed by atoms with van der Waals surface area (Å²) >= 11 is 0. The van der Waals surface area contributed by atoms with Gasteiger partial charge >= 0.3 is 0 Å². The Kier molecular flexibility index (Phi) is 15.6. The van der Waals surface area contributed by atoms with Gasteiger partial charge < -0.3 is 52.5 Å². The molecule has 0 spiro atoms. The van der Waals surface area contributed by atoms with Crippen molar-refractivity contribution in [3.8, 4) is 0 Å². The summed E-state index contributed by atoms with van der Waals surface area (Å²) in [7, 11) is 4.62. The van der Waals surface area contributed by atoms with Gasteiger partial charge in [0.2, 0.25) is 0 Å². The van der Waals surface area contributed by atoms with Gasteiger partial charge in [0.05, 0.1) is 39.6 Å². The van der Waals surface area contributed by atoms with E-state index in [2.05, 4.69) is 0 Å². The van der Waals surface area contributed by atoms with E-state index >= 15 is 0 Å². The van der Waals surface area contributed by atoms with Gasteiger partial charge in [0.1, 0.15) is 48.8 Å². The van der Waals surface area contributed by atoms with Gasteiger partial charge in [-0.25, -0.2) is 0 Å². The Labute approximate surface area is 317 Å². The first-order valence-electron chi connectivity index (χ1n) is 18.4. The number of rotatable bonds is 19. The first kappa shape index (κ1) is 40.1. The molecule has 10 atom stereocenters. The Balaban J connectivity index is 1.36. The SMILES string of the molecule is CO[C@H]1O[C@H](CO)[C@@H](O[C@@H]2O[C@H](COCc3ccccc3)[C@H](OCc3ccccc3)[C@H](OCc3ccccc3)[C@H]2OCc2ccccc2)[C@H](OC)[C@H]1OC. The second kappa shape index (κ2) is 20.9. The third kappa shape index (κ3) is 10.6. The lowest BCUT2D eigenvalue weighted by atomic mass is 9.96. The molecule has 0 radical (unpaired) electrons. The monoisotopic (exact) mass is 744 g/mol. The van der Waals surface area contributed by atoms with Crippen molar-refractivity contribution in [2.75, 3.05) is 34.5 Å². The molecule has 4 aromatic rings. The second-order valence-corrected chi connectivity index (χ2v) is 13.3. The molecule has 6 rings (SSSR count). The zero-order valence-corrected chi connectivity index (χ0v) is 31.1. The molecule has 0 aromatic heterocycles. The lowest BCUT2D eigenvalue weighted by Crippen LogP contribution is -2.66. The Bertz CT molecular complexity index is 1600. The van der Waals surface area contributed by atoms with Crippen LogP contribution in [0.5, 0.6) is 0 Å². The molecule has 2 saturated heterocycles. The minimum Gasteiger partial charge on any atom is -0.394 e. The lowest BCUT2D eigenvalue weighted by Gasteiger charge is -2.49. The van der Waals surface area contributed by atoms with Crippen LogP contribution < -0.4 is 0 Å². The third-order valence-corrected chi connectivity index (χ3v) is 9.68. The van der Waals surface area contributed by atoms with Crippen LogP contribution in [0.1, 0.15) is 22.3 Å². The number of ether oxygens (including phenoxy) is 10. The van der Waals surface area contributed by atoms with E-state index in [0.29, 0.717) is 13.2 Å². The summed E-state index contributed by atoms with van der Waals surface area (Å²) < 4.78 is 63.9. The standard InChI is InChI=1S/C43H52O11/c1-45-38-37(34(24-44)52-42(47-3)40(38)46-2)54-43-41(51-28-33-22-14-7-15-23-33)39(50-27-32-20-12-6-13-21-32)36(49-26-31-18-10-5-11-19-31)35(53-43)29-48-25-30-16-8-4-9-17-30/h4-23,34-44H,24-29H2,1-3H3/t34-,35-,36+,37-,38+,39+,40-,41-,42+,43+/m1/s1. The largest absolute Gasteiger partial charge is 0.394 e. The van der Waals surface area contributed by atoms with E-state index in [1.807, 2.05) is 121 Å². The molecular formula is C43H52O11. The van der Waals surface area contributed by atoms with Crippen molar-refractivity contribution in [3.05, 3.63) is 144 Å². The maximum atomic E-state index is 10.6. The van der Waals surface area contributed by atoms with Gasteiger partial charge in [-0.2, -0.15) is 0 Å². The van der Waals surface area contributed by atoms with Gasteiger partial charge in [-0.3, -0.25) is 0 Å². The smallest absolute Gasteiger partial charge is 0.187 e. The van der Waals surface area contributed by atoms with Crippen LogP contribution >= 0.6 is 0 Å². The van der Waals surface area contributed by atoms with Crippen molar-refractivity contribution in [1.82, 2.24) is 0 Å². The molecule has 2 aliphatic heterocycles. The predicted molar refractivity (Wildman–Crippen MR) is 199 cm³/mol. The zero-order chi connectivity index (χ0) is 37.5. The topological polar surface area (TPSA) is 113 Å². The summed E-state index contributed by atoms with van der Waals surface area (Å²) in [5, 5.41) is 10.6. The van der Waals surface area contributed by atoms with Crippen molar-refractivity contribution in [3.63, 3.8) is 0 Å². The highest BCUT2D eigenvalue weighted by Gasteiger charge is 2.54. The van der Waals surface area contributed by atoms with E-state index in [0.717, 1.165) is 22.3 Å². The molecular weight excluding hydrogens is 692 g/mol. The Morgan fingerprint density at radius 2 is 0.889 bits per heavy atom. The fourth-order valence-electron chi connectivity index (χ4n) is 6.91. The van der Waals surface area contributed by atoms with Gasteiger partial charge in [0, 0.05) is 21.3 Å². The molecule has 11 heteroatoms. The van der Waals surface area contributed by atoms with E-state index < -0.39 is 61.4 Å². The molecule has 0 amide bonds. The first-order chi connectivity index (χ1) is 26.6. The molecule has 54 heavy (non-hydrogen) atoms. The van der Waals surface area contributed by atoms with E-state index in [-0.39, 0.29) is 26.4 Å². The average molecular weight is 745 g/mol. The van der Waals surface area contributed by atoms with Crippen LogP contribution in [0.25, 0.3) is 0 Å². The predicted octanol–water partition coefficient (Wildman–Crippen LogP) is 5.46. The fourth-order valence-corrected chi connectivity index (χ4v) is 6.91. The Hall–Kier alpha value is -3.56. The lowest BCUT2D eigenvalue weighted by molar-refractivity contribution is -0.371. The number of benzene rings is 4. The number of methoxy groups -OCH3 is 3. The Morgan fingerprint density at radius 3 is 1.35 bits per heavy atom. The normalized spacial score (nSPS) is 28.5. The van der Waals surface area contributed by atoms with Gasteiger partial charge in [-0.05, 0) is 22.3 Å². The van der Waals surface area contributed by atoms with Crippen molar-refractivity contribution in [2.45, 2.75) is 87.8 Å². The molecule has 11 nitrogen and oxygen atoms in total. The zero-order valence-electron chi connectivity index (χ0n) is 31.1. The maximum Gasteiger partial charge on any atom is 0.187 e. The number of aliphatic hydroxyl groups excluding tert-OH is 1. The van der Waals surface area contributed by atoms with Gasteiger partial charge in [0.25, 0.3) is 0 Å². The highest BCUT2D eigenvalue weighted by atomic mass is 16.8. The van der Waals surface area contributed by atoms with Gasteiger partial charge in [-0.1, -0.05) is 121 Å². The minimum atomic E-state index is -1.05. The maximum absolute atomic E-state index is 10.6. The molecule has 2 fully saturated rings. The van der Waals surface area contributed by atoms with Crippen molar-refractivity contribution in [1.29, 1.82) is 0 Å². The van der Waals surface area contributed by atoms with Gasteiger partial charge in [-0.15, -0.1) is 0 Å². The summed E-state index contributed by atoms with van der Waals surface area (Å²) in [5.74, 6) is 0. The summed E-state index contributed by atoms with van der Waals surface area (Å²) in [5.41, 5.74) is 3.96. The van der Waals surface area contributed by atoms with Crippen molar-refractivity contribution < 1.29 is 52.5 Å². The first-order valence-corrected chi connectivity index (χ1v) is 18.4. The van der Waals surface area contributed by atoms with E-state index in [9.17, 15) is 5.11 Å². The molecule has 1 N–H and O–H groups in total. The van der Waals surface area contributed by atoms with Crippen LogP contribution in [-0.4, -0.2) is 101 Å². The molecule has 2 aliphatic rings. The quantitative estimate of drug-likeness (QED) is 0.132. The molecule has 0 aliphatic carbocycles. The van der Waals surface area contributed by atoms with Crippen LogP contribution in [0.15, 0.2) is 121 Å². The van der Waals surface area contributed by atoms with Crippen molar-refractivity contribution in [2.24, 2.45) is 0 Å². The number of hydrogen-bond donors (Lipinski definition) is 1. The van der Waals surface area contributed by atoms with Crippen LogP contribution in [0.3, 0.4) is 0 Å². The summed E-state index contributed by atoms with van der Waals surface area (Å²) in [6.07, 6.45) is -7.75. The van der Waals surface area contributed by atoms with E-state index in [4.69, 9.17) is 47.4 Å².